The number of halogens is 1. The molecule has 3 aromatic rings. The van der Waals surface area contributed by atoms with Crippen molar-refractivity contribution in [1.82, 2.24) is 10.3 Å². The number of benzene rings is 2. The van der Waals surface area contributed by atoms with Gasteiger partial charge < -0.3 is 20.1 Å². The zero-order chi connectivity index (χ0) is 19.9. The molecule has 1 aromatic heterocycles. The summed E-state index contributed by atoms with van der Waals surface area (Å²) in [5.41, 5.74) is 2.02. The molecule has 0 radical (unpaired) electrons. The van der Waals surface area contributed by atoms with Gasteiger partial charge >= 0.3 is 0 Å². The molecule has 0 saturated carbocycles. The van der Waals surface area contributed by atoms with Crippen LogP contribution in [0.15, 0.2) is 60.8 Å². The third-order valence-corrected chi connectivity index (χ3v) is 4.04. The smallest absolute Gasteiger partial charge is 0.251 e. The first-order chi connectivity index (χ1) is 13.6. The second-order valence-electron chi connectivity index (χ2n) is 5.93. The Labute approximate surface area is 162 Å². The second-order valence-corrected chi connectivity index (χ2v) is 5.93. The Morgan fingerprint density at radius 1 is 1.00 bits per heavy atom. The Bertz CT molecular complexity index is 961. The normalized spacial score (nSPS) is 10.2. The molecule has 0 spiro atoms. The maximum absolute atomic E-state index is 12.9. The SMILES string of the molecule is COc1ccc(Nc2cc(C(=O)NCc3ccc(F)cc3)ccn2)cc1OC. The molecule has 0 bridgehead atoms. The van der Waals surface area contributed by atoms with E-state index in [1.54, 1.807) is 56.8 Å². The van der Waals surface area contributed by atoms with E-state index in [1.165, 1.54) is 12.1 Å². The fraction of sp³-hybridized carbons (Fsp3) is 0.143. The first kappa shape index (κ1) is 19.2. The number of hydrogen-bond acceptors (Lipinski definition) is 5. The predicted octanol–water partition coefficient (Wildman–Crippen LogP) is 3.91. The van der Waals surface area contributed by atoms with Crippen molar-refractivity contribution >= 4 is 17.4 Å². The van der Waals surface area contributed by atoms with Crippen LogP contribution in [0.5, 0.6) is 11.5 Å². The minimum atomic E-state index is -0.310. The summed E-state index contributed by atoms with van der Waals surface area (Å²) in [5, 5.41) is 5.94. The van der Waals surface area contributed by atoms with Crippen molar-refractivity contribution in [2.24, 2.45) is 0 Å². The fourth-order valence-corrected chi connectivity index (χ4v) is 2.59. The Morgan fingerprint density at radius 3 is 2.46 bits per heavy atom. The number of amides is 1. The summed E-state index contributed by atoms with van der Waals surface area (Å²) >= 11 is 0. The summed E-state index contributed by atoms with van der Waals surface area (Å²) in [4.78, 5) is 16.6. The highest BCUT2D eigenvalue weighted by Crippen LogP contribution is 2.30. The van der Waals surface area contributed by atoms with Crippen LogP contribution in [-0.4, -0.2) is 25.1 Å². The summed E-state index contributed by atoms with van der Waals surface area (Å²) in [6.45, 7) is 0.305. The zero-order valence-electron chi connectivity index (χ0n) is 15.5. The lowest BCUT2D eigenvalue weighted by atomic mass is 10.2. The molecular formula is C21H20FN3O3. The molecule has 2 aromatic carbocycles. The summed E-state index contributed by atoms with van der Waals surface area (Å²) in [6, 6.07) is 14.6. The highest BCUT2D eigenvalue weighted by Gasteiger charge is 2.09. The van der Waals surface area contributed by atoms with E-state index in [0.717, 1.165) is 11.3 Å². The molecule has 0 aliphatic heterocycles. The maximum Gasteiger partial charge on any atom is 0.251 e. The lowest BCUT2D eigenvalue weighted by Crippen LogP contribution is -2.22. The topological polar surface area (TPSA) is 72.5 Å². The Hall–Kier alpha value is -3.61. The third kappa shape index (κ3) is 4.76. The van der Waals surface area contributed by atoms with Gasteiger partial charge in [-0.3, -0.25) is 4.79 Å². The number of rotatable bonds is 7. The van der Waals surface area contributed by atoms with E-state index in [1.807, 2.05) is 6.07 Å². The van der Waals surface area contributed by atoms with Crippen molar-refractivity contribution in [3.63, 3.8) is 0 Å². The van der Waals surface area contributed by atoms with Crippen LogP contribution in [0.2, 0.25) is 0 Å². The standard InChI is InChI=1S/C21H20FN3O3/c1-27-18-8-7-17(12-19(18)28-2)25-20-11-15(9-10-23-20)21(26)24-13-14-3-5-16(22)6-4-14/h3-12H,13H2,1-2H3,(H,23,25)(H,24,26). The first-order valence-corrected chi connectivity index (χ1v) is 8.57. The summed E-state index contributed by atoms with van der Waals surface area (Å²) in [5.74, 6) is 1.16. The van der Waals surface area contributed by atoms with Crippen molar-refractivity contribution in [2.45, 2.75) is 6.54 Å². The van der Waals surface area contributed by atoms with E-state index >= 15 is 0 Å². The Balaban J connectivity index is 1.67. The number of aromatic nitrogens is 1. The van der Waals surface area contributed by atoms with Crippen molar-refractivity contribution in [3.05, 3.63) is 77.7 Å². The first-order valence-electron chi connectivity index (χ1n) is 8.57. The van der Waals surface area contributed by atoms with E-state index in [-0.39, 0.29) is 11.7 Å². The van der Waals surface area contributed by atoms with Gasteiger partial charge in [-0.1, -0.05) is 12.1 Å². The molecular weight excluding hydrogens is 361 g/mol. The van der Waals surface area contributed by atoms with Crippen LogP contribution in [0.3, 0.4) is 0 Å². The van der Waals surface area contributed by atoms with Gasteiger partial charge in [-0.05, 0) is 42.0 Å². The maximum atomic E-state index is 12.9. The largest absolute Gasteiger partial charge is 0.493 e. The number of carbonyl (C=O) groups excluding carboxylic acids is 1. The quantitative estimate of drug-likeness (QED) is 0.649. The van der Waals surface area contributed by atoms with Crippen molar-refractivity contribution in [3.8, 4) is 11.5 Å². The highest BCUT2D eigenvalue weighted by molar-refractivity contribution is 5.94. The highest BCUT2D eigenvalue weighted by atomic mass is 19.1. The number of pyridine rings is 1. The summed E-state index contributed by atoms with van der Waals surface area (Å²) in [6.07, 6.45) is 1.55. The number of methoxy groups -OCH3 is 2. The molecule has 28 heavy (non-hydrogen) atoms. The number of ether oxygens (including phenoxy) is 2. The molecule has 144 valence electrons. The van der Waals surface area contributed by atoms with Crippen LogP contribution in [-0.2, 0) is 6.54 Å². The minimum Gasteiger partial charge on any atom is -0.493 e. The Kier molecular flexibility index (Phi) is 6.06. The van der Waals surface area contributed by atoms with Crippen molar-refractivity contribution in [1.29, 1.82) is 0 Å². The molecule has 7 heteroatoms. The monoisotopic (exact) mass is 381 g/mol. The van der Waals surface area contributed by atoms with Crippen molar-refractivity contribution < 1.29 is 18.7 Å². The van der Waals surface area contributed by atoms with E-state index in [9.17, 15) is 9.18 Å². The Morgan fingerprint density at radius 2 is 1.75 bits per heavy atom. The molecule has 6 nitrogen and oxygen atoms in total. The van der Waals surface area contributed by atoms with Gasteiger partial charge in [0.2, 0.25) is 0 Å². The van der Waals surface area contributed by atoms with Crippen LogP contribution >= 0.6 is 0 Å². The van der Waals surface area contributed by atoms with Gasteiger partial charge in [0.15, 0.2) is 11.5 Å². The van der Waals surface area contributed by atoms with Gasteiger partial charge in [0.1, 0.15) is 11.6 Å². The molecule has 0 saturated heterocycles. The second kappa shape index (κ2) is 8.85. The van der Waals surface area contributed by atoms with E-state index in [4.69, 9.17) is 9.47 Å². The zero-order valence-corrected chi connectivity index (χ0v) is 15.5. The molecule has 0 aliphatic rings. The molecule has 3 rings (SSSR count). The van der Waals surface area contributed by atoms with Gasteiger partial charge in [-0.15, -0.1) is 0 Å². The van der Waals surface area contributed by atoms with Gasteiger partial charge in [0.25, 0.3) is 5.91 Å². The third-order valence-electron chi connectivity index (χ3n) is 4.04. The lowest BCUT2D eigenvalue weighted by molar-refractivity contribution is 0.0951. The number of anilines is 2. The minimum absolute atomic E-state index is 0.248. The lowest BCUT2D eigenvalue weighted by Gasteiger charge is -2.11. The van der Waals surface area contributed by atoms with Gasteiger partial charge in [0, 0.05) is 30.1 Å². The molecule has 0 aliphatic carbocycles. The number of carbonyl (C=O) groups is 1. The fourth-order valence-electron chi connectivity index (χ4n) is 2.59. The van der Waals surface area contributed by atoms with Crippen molar-refractivity contribution in [2.75, 3.05) is 19.5 Å². The van der Waals surface area contributed by atoms with Crippen LogP contribution in [0.25, 0.3) is 0 Å². The summed E-state index contributed by atoms with van der Waals surface area (Å²) < 4.78 is 23.5. The number of nitrogens with one attached hydrogen (secondary N) is 2. The van der Waals surface area contributed by atoms with E-state index in [0.29, 0.717) is 29.4 Å². The molecule has 1 heterocycles. The molecule has 0 fully saturated rings. The average Bonchev–Trinajstić information content (AvgIpc) is 2.73. The van der Waals surface area contributed by atoms with Crippen LogP contribution in [0, 0.1) is 5.82 Å². The van der Waals surface area contributed by atoms with Gasteiger partial charge in [0.05, 0.1) is 14.2 Å². The molecule has 0 unspecified atom stereocenters. The van der Waals surface area contributed by atoms with Crippen LogP contribution in [0.1, 0.15) is 15.9 Å². The van der Waals surface area contributed by atoms with Crippen LogP contribution in [0.4, 0.5) is 15.9 Å². The summed E-state index contributed by atoms with van der Waals surface area (Å²) in [7, 11) is 3.13. The molecule has 1 amide bonds. The van der Waals surface area contributed by atoms with Crippen LogP contribution < -0.4 is 20.1 Å². The van der Waals surface area contributed by atoms with E-state index < -0.39 is 0 Å². The van der Waals surface area contributed by atoms with Gasteiger partial charge in [-0.25, -0.2) is 9.37 Å². The molecule has 0 atom stereocenters. The predicted molar refractivity (Wildman–Crippen MR) is 105 cm³/mol. The molecule has 2 N–H and O–H groups in total. The number of hydrogen-bond donors (Lipinski definition) is 2. The van der Waals surface area contributed by atoms with Gasteiger partial charge in [-0.2, -0.15) is 0 Å². The average molecular weight is 381 g/mol. The van der Waals surface area contributed by atoms with E-state index in [2.05, 4.69) is 15.6 Å². The number of nitrogens with zero attached hydrogens (tertiary/aromatic N) is 1.